The first-order chi connectivity index (χ1) is 8.56. The van der Waals surface area contributed by atoms with Crippen LogP contribution in [0, 0.1) is 0 Å². The highest BCUT2D eigenvalue weighted by Crippen LogP contribution is 2.17. The molecular weight excluding hydrogens is 254 g/mol. The summed E-state index contributed by atoms with van der Waals surface area (Å²) in [6, 6.07) is 9.71. The summed E-state index contributed by atoms with van der Waals surface area (Å²) in [6.07, 6.45) is 0.385. The van der Waals surface area contributed by atoms with E-state index in [0.717, 1.165) is 11.6 Å². The Morgan fingerprint density at radius 2 is 2.00 bits per heavy atom. The molecule has 1 aromatic heterocycles. The van der Waals surface area contributed by atoms with E-state index in [1.54, 1.807) is 6.07 Å². The fourth-order valence-corrected chi connectivity index (χ4v) is 1.87. The van der Waals surface area contributed by atoms with Crippen molar-refractivity contribution < 1.29 is 9.90 Å². The number of carbonyl (C=O) groups is 1. The third kappa shape index (κ3) is 2.78. The number of carboxylic acid groups (broad SMARTS) is 1. The van der Waals surface area contributed by atoms with Crippen LogP contribution in [0.5, 0.6) is 0 Å². The average molecular weight is 264 g/mol. The molecule has 0 atom stereocenters. The van der Waals surface area contributed by atoms with Crippen LogP contribution < -0.4 is 5.56 Å². The summed E-state index contributed by atoms with van der Waals surface area (Å²) >= 11 is 6.01. The molecule has 0 saturated carbocycles. The van der Waals surface area contributed by atoms with Gasteiger partial charge >= 0.3 is 5.97 Å². The van der Waals surface area contributed by atoms with Crippen LogP contribution in [0.1, 0.15) is 21.6 Å². The molecule has 0 unspecified atom stereocenters. The summed E-state index contributed by atoms with van der Waals surface area (Å²) in [5, 5.41) is 9.46. The highest BCUT2D eigenvalue weighted by Gasteiger charge is 2.07. The quantitative estimate of drug-likeness (QED) is 0.893. The molecule has 92 valence electrons. The van der Waals surface area contributed by atoms with Crippen LogP contribution in [0.15, 0.2) is 41.2 Å². The average Bonchev–Trinajstić information content (AvgIpc) is 2.31. The van der Waals surface area contributed by atoms with Crippen molar-refractivity contribution in [1.29, 1.82) is 0 Å². The Kier molecular flexibility index (Phi) is 3.48. The molecule has 1 aromatic carbocycles. The van der Waals surface area contributed by atoms with E-state index in [1.165, 1.54) is 6.07 Å². The molecule has 4 nitrogen and oxygen atoms in total. The molecule has 1 heterocycles. The first kappa shape index (κ1) is 12.4. The SMILES string of the molecule is O=C(O)c1cc(Cc2ccccc2Cl)[nH]c(=O)c1. The number of hydrogen-bond donors (Lipinski definition) is 2. The van der Waals surface area contributed by atoms with Crippen LogP contribution in [0.25, 0.3) is 0 Å². The molecule has 0 radical (unpaired) electrons. The van der Waals surface area contributed by atoms with Gasteiger partial charge in [-0.05, 0) is 17.7 Å². The number of H-pyrrole nitrogens is 1. The molecule has 5 heteroatoms. The zero-order valence-corrected chi connectivity index (χ0v) is 10.1. The monoisotopic (exact) mass is 263 g/mol. The van der Waals surface area contributed by atoms with Gasteiger partial charge < -0.3 is 10.1 Å². The van der Waals surface area contributed by atoms with Crippen LogP contribution in [0.4, 0.5) is 0 Å². The van der Waals surface area contributed by atoms with Crippen LogP contribution in [-0.2, 0) is 6.42 Å². The second kappa shape index (κ2) is 5.06. The van der Waals surface area contributed by atoms with Crippen molar-refractivity contribution >= 4 is 17.6 Å². The molecule has 2 rings (SSSR count). The number of rotatable bonds is 3. The molecule has 0 fully saturated rings. The lowest BCUT2D eigenvalue weighted by atomic mass is 10.1. The topological polar surface area (TPSA) is 70.2 Å². The second-order valence-electron chi connectivity index (χ2n) is 3.83. The van der Waals surface area contributed by atoms with Crippen molar-refractivity contribution in [2.24, 2.45) is 0 Å². The third-order valence-electron chi connectivity index (χ3n) is 2.49. The van der Waals surface area contributed by atoms with Crippen molar-refractivity contribution in [1.82, 2.24) is 4.98 Å². The summed E-state index contributed by atoms with van der Waals surface area (Å²) < 4.78 is 0. The van der Waals surface area contributed by atoms with Crippen molar-refractivity contribution in [3.63, 3.8) is 0 Å². The number of halogens is 1. The third-order valence-corrected chi connectivity index (χ3v) is 2.85. The van der Waals surface area contributed by atoms with E-state index in [9.17, 15) is 9.59 Å². The molecule has 0 aliphatic carbocycles. The lowest BCUT2D eigenvalue weighted by Crippen LogP contribution is -2.12. The van der Waals surface area contributed by atoms with E-state index < -0.39 is 11.5 Å². The predicted molar refractivity (Wildman–Crippen MR) is 68.3 cm³/mol. The minimum Gasteiger partial charge on any atom is -0.478 e. The molecule has 0 saturated heterocycles. The minimum atomic E-state index is -1.12. The fraction of sp³-hybridized carbons (Fsp3) is 0.0769. The van der Waals surface area contributed by atoms with Crippen molar-refractivity contribution in [3.8, 4) is 0 Å². The van der Waals surface area contributed by atoms with E-state index in [2.05, 4.69) is 4.98 Å². The van der Waals surface area contributed by atoms with Crippen LogP contribution in [-0.4, -0.2) is 16.1 Å². The van der Waals surface area contributed by atoms with Gasteiger partial charge in [-0.25, -0.2) is 4.79 Å². The van der Waals surface area contributed by atoms with Gasteiger partial charge in [0, 0.05) is 23.2 Å². The molecule has 2 N–H and O–H groups in total. The van der Waals surface area contributed by atoms with Crippen molar-refractivity contribution in [2.45, 2.75) is 6.42 Å². The normalized spacial score (nSPS) is 10.3. The van der Waals surface area contributed by atoms with E-state index >= 15 is 0 Å². The van der Waals surface area contributed by atoms with Gasteiger partial charge in [0.25, 0.3) is 0 Å². The number of pyridine rings is 1. The maximum Gasteiger partial charge on any atom is 0.335 e. The van der Waals surface area contributed by atoms with Gasteiger partial charge in [-0.2, -0.15) is 0 Å². The zero-order valence-electron chi connectivity index (χ0n) is 9.31. The summed E-state index contributed by atoms with van der Waals surface area (Å²) in [6.45, 7) is 0. The smallest absolute Gasteiger partial charge is 0.335 e. The van der Waals surface area contributed by atoms with Crippen molar-refractivity contribution in [2.75, 3.05) is 0 Å². The number of aromatic nitrogens is 1. The standard InChI is InChI=1S/C13H10ClNO3/c14-11-4-2-1-3-8(11)5-10-6-9(13(17)18)7-12(16)15-10/h1-4,6-7H,5H2,(H,15,16)(H,17,18). The van der Waals surface area contributed by atoms with Gasteiger partial charge in [0.05, 0.1) is 5.56 Å². The molecular formula is C13H10ClNO3. The lowest BCUT2D eigenvalue weighted by Gasteiger charge is -2.05. The Morgan fingerprint density at radius 3 is 2.67 bits per heavy atom. The summed E-state index contributed by atoms with van der Waals surface area (Å²) in [7, 11) is 0. The fourth-order valence-electron chi connectivity index (χ4n) is 1.67. The lowest BCUT2D eigenvalue weighted by molar-refractivity contribution is 0.0696. The summed E-state index contributed by atoms with van der Waals surface area (Å²) in [4.78, 5) is 24.8. The van der Waals surface area contributed by atoms with Gasteiger partial charge in [0.1, 0.15) is 0 Å². The number of aromatic carboxylic acids is 1. The molecule has 0 amide bonds. The van der Waals surface area contributed by atoms with Crippen LogP contribution >= 0.6 is 11.6 Å². The maximum atomic E-state index is 11.3. The van der Waals surface area contributed by atoms with Crippen molar-refractivity contribution in [3.05, 3.63) is 68.6 Å². The molecule has 0 aliphatic rings. The first-order valence-corrected chi connectivity index (χ1v) is 5.64. The van der Waals surface area contributed by atoms with E-state index in [-0.39, 0.29) is 5.56 Å². The van der Waals surface area contributed by atoms with Gasteiger partial charge in [0.15, 0.2) is 0 Å². The van der Waals surface area contributed by atoms with Crippen LogP contribution in [0.2, 0.25) is 5.02 Å². The zero-order chi connectivity index (χ0) is 13.1. The molecule has 0 aliphatic heterocycles. The Hall–Kier alpha value is -2.07. The minimum absolute atomic E-state index is 0.0270. The second-order valence-corrected chi connectivity index (χ2v) is 4.24. The number of carboxylic acids is 1. The molecule has 0 bridgehead atoms. The van der Waals surface area contributed by atoms with E-state index in [4.69, 9.17) is 16.7 Å². The van der Waals surface area contributed by atoms with Gasteiger partial charge in [-0.15, -0.1) is 0 Å². The number of hydrogen-bond acceptors (Lipinski definition) is 2. The molecule has 0 spiro atoms. The van der Waals surface area contributed by atoms with E-state index in [0.29, 0.717) is 17.1 Å². The highest BCUT2D eigenvalue weighted by molar-refractivity contribution is 6.31. The van der Waals surface area contributed by atoms with Gasteiger partial charge in [-0.3, -0.25) is 4.79 Å². The number of benzene rings is 1. The van der Waals surface area contributed by atoms with Gasteiger partial charge in [0.2, 0.25) is 5.56 Å². The first-order valence-electron chi connectivity index (χ1n) is 5.26. The Labute approximate surface area is 108 Å². The predicted octanol–water partition coefficient (Wildman–Crippen LogP) is 2.32. The molecule has 18 heavy (non-hydrogen) atoms. The number of aromatic amines is 1. The van der Waals surface area contributed by atoms with Gasteiger partial charge in [-0.1, -0.05) is 29.8 Å². The Bertz CT molecular complexity index is 649. The number of nitrogens with one attached hydrogen (secondary N) is 1. The largest absolute Gasteiger partial charge is 0.478 e. The highest BCUT2D eigenvalue weighted by atomic mass is 35.5. The van der Waals surface area contributed by atoms with E-state index in [1.807, 2.05) is 18.2 Å². The molecule has 2 aromatic rings. The Balaban J connectivity index is 2.38. The maximum absolute atomic E-state index is 11.3. The summed E-state index contributed by atoms with van der Waals surface area (Å²) in [5.41, 5.74) is 0.892. The summed E-state index contributed by atoms with van der Waals surface area (Å²) in [5.74, 6) is -1.12. The Morgan fingerprint density at radius 1 is 1.28 bits per heavy atom. The van der Waals surface area contributed by atoms with Crippen LogP contribution in [0.3, 0.4) is 0 Å².